The SMILES string of the molecule is CSCC[C@@H](NC(=O)c1ccc([N+](=O)[O-])cc1Cl)C(=O)OCN1C(=O)c2ccccc2C1=O. The van der Waals surface area contributed by atoms with E-state index in [1.54, 1.807) is 12.1 Å². The maximum absolute atomic E-state index is 12.7. The third-order valence-electron chi connectivity index (χ3n) is 4.82. The monoisotopic (exact) mass is 491 g/mol. The average Bonchev–Trinajstić information content (AvgIpc) is 3.04. The van der Waals surface area contributed by atoms with Gasteiger partial charge >= 0.3 is 5.97 Å². The molecular formula is C21H18ClN3O7S. The highest BCUT2D eigenvalue weighted by Gasteiger charge is 2.36. The van der Waals surface area contributed by atoms with Gasteiger partial charge in [0.05, 0.1) is 26.6 Å². The van der Waals surface area contributed by atoms with Crippen molar-refractivity contribution in [3.05, 3.63) is 74.3 Å². The number of ether oxygens (including phenoxy) is 1. The fourth-order valence-electron chi connectivity index (χ4n) is 3.11. The minimum atomic E-state index is -1.09. The first-order chi connectivity index (χ1) is 15.7. The molecule has 0 unspecified atom stereocenters. The number of imide groups is 1. The quantitative estimate of drug-likeness (QED) is 0.245. The number of esters is 1. The molecule has 1 aliphatic rings. The minimum absolute atomic E-state index is 0.0513. The molecule has 2 aromatic rings. The Morgan fingerprint density at radius 2 is 1.82 bits per heavy atom. The number of carbonyl (C=O) groups is 4. The average molecular weight is 492 g/mol. The number of nitrogens with one attached hydrogen (secondary N) is 1. The molecule has 0 spiro atoms. The largest absolute Gasteiger partial charge is 0.442 e. The molecule has 33 heavy (non-hydrogen) atoms. The summed E-state index contributed by atoms with van der Waals surface area (Å²) in [5, 5.41) is 13.2. The zero-order chi connectivity index (χ0) is 24.1. The predicted octanol–water partition coefficient (Wildman–Crippen LogP) is 2.90. The van der Waals surface area contributed by atoms with Crippen LogP contribution in [0.4, 0.5) is 5.69 Å². The van der Waals surface area contributed by atoms with Gasteiger partial charge in [-0.05, 0) is 36.6 Å². The van der Waals surface area contributed by atoms with Gasteiger partial charge in [0, 0.05) is 12.1 Å². The summed E-state index contributed by atoms with van der Waals surface area (Å²) < 4.78 is 5.17. The number of nitrogens with zero attached hydrogens (tertiary/aromatic N) is 2. The van der Waals surface area contributed by atoms with E-state index in [0.717, 1.165) is 17.0 Å². The van der Waals surface area contributed by atoms with Gasteiger partial charge in [0.25, 0.3) is 23.4 Å². The first kappa shape index (κ1) is 24.2. The van der Waals surface area contributed by atoms with Crippen LogP contribution in [0.2, 0.25) is 5.02 Å². The Kier molecular flexibility index (Phi) is 7.67. The maximum atomic E-state index is 12.7. The fourth-order valence-corrected chi connectivity index (χ4v) is 3.84. The number of halogens is 1. The van der Waals surface area contributed by atoms with E-state index in [1.807, 2.05) is 6.26 Å². The van der Waals surface area contributed by atoms with Crippen LogP contribution in [0.1, 0.15) is 37.5 Å². The van der Waals surface area contributed by atoms with Crippen molar-refractivity contribution in [2.75, 3.05) is 18.7 Å². The van der Waals surface area contributed by atoms with E-state index in [9.17, 15) is 29.3 Å². The molecule has 172 valence electrons. The predicted molar refractivity (Wildman–Crippen MR) is 120 cm³/mol. The Morgan fingerprint density at radius 3 is 2.36 bits per heavy atom. The van der Waals surface area contributed by atoms with E-state index in [-0.39, 0.29) is 33.8 Å². The van der Waals surface area contributed by atoms with Crippen LogP contribution >= 0.6 is 23.4 Å². The number of non-ortho nitro benzene ring substituents is 1. The van der Waals surface area contributed by atoms with Gasteiger partial charge < -0.3 is 10.1 Å². The van der Waals surface area contributed by atoms with Crippen molar-refractivity contribution in [3.63, 3.8) is 0 Å². The Labute approximate surface area is 197 Å². The first-order valence-corrected chi connectivity index (χ1v) is 11.4. The van der Waals surface area contributed by atoms with Crippen LogP contribution in [-0.4, -0.2) is 58.3 Å². The topological polar surface area (TPSA) is 136 Å². The maximum Gasteiger partial charge on any atom is 0.330 e. The van der Waals surface area contributed by atoms with E-state index >= 15 is 0 Å². The lowest BCUT2D eigenvalue weighted by molar-refractivity contribution is -0.384. The van der Waals surface area contributed by atoms with Crippen molar-refractivity contribution in [2.45, 2.75) is 12.5 Å². The van der Waals surface area contributed by atoms with E-state index in [4.69, 9.17) is 16.3 Å². The summed E-state index contributed by atoms with van der Waals surface area (Å²) in [4.78, 5) is 61.2. The Hall–Kier alpha value is -3.44. The molecule has 2 aromatic carbocycles. The Bertz CT molecular complexity index is 1110. The van der Waals surface area contributed by atoms with Crippen LogP contribution in [0, 0.1) is 10.1 Å². The molecule has 0 fully saturated rings. The summed E-state index contributed by atoms with van der Waals surface area (Å²) in [6, 6.07) is 8.51. The lowest BCUT2D eigenvalue weighted by atomic mass is 10.1. The molecule has 1 atom stereocenters. The number of benzene rings is 2. The number of rotatable bonds is 9. The fraction of sp³-hybridized carbons (Fsp3) is 0.238. The van der Waals surface area contributed by atoms with E-state index < -0.39 is 41.4 Å². The molecule has 12 heteroatoms. The number of thioether (sulfide) groups is 1. The van der Waals surface area contributed by atoms with Crippen LogP contribution < -0.4 is 5.32 Å². The summed E-state index contributed by atoms with van der Waals surface area (Å²) >= 11 is 7.43. The molecule has 3 amide bonds. The first-order valence-electron chi connectivity index (χ1n) is 9.60. The second-order valence-electron chi connectivity index (χ2n) is 6.91. The second-order valence-corrected chi connectivity index (χ2v) is 8.30. The molecule has 10 nitrogen and oxygen atoms in total. The minimum Gasteiger partial charge on any atom is -0.442 e. The van der Waals surface area contributed by atoms with Crippen LogP contribution in [-0.2, 0) is 9.53 Å². The van der Waals surface area contributed by atoms with Crippen molar-refractivity contribution in [3.8, 4) is 0 Å². The molecule has 0 bridgehead atoms. The van der Waals surface area contributed by atoms with Crippen LogP contribution in [0.15, 0.2) is 42.5 Å². The van der Waals surface area contributed by atoms with Crippen molar-refractivity contribution < 1.29 is 28.8 Å². The lowest BCUT2D eigenvalue weighted by Crippen LogP contribution is -2.44. The van der Waals surface area contributed by atoms with E-state index in [1.165, 1.54) is 30.0 Å². The summed E-state index contributed by atoms with van der Waals surface area (Å²) in [6.45, 7) is -0.602. The van der Waals surface area contributed by atoms with Crippen molar-refractivity contribution in [2.24, 2.45) is 0 Å². The van der Waals surface area contributed by atoms with Gasteiger partial charge in [-0.1, -0.05) is 23.7 Å². The highest BCUT2D eigenvalue weighted by molar-refractivity contribution is 7.98. The molecule has 1 N–H and O–H groups in total. The van der Waals surface area contributed by atoms with Gasteiger partial charge in [-0.25, -0.2) is 9.69 Å². The zero-order valence-electron chi connectivity index (χ0n) is 17.3. The smallest absolute Gasteiger partial charge is 0.330 e. The van der Waals surface area contributed by atoms with Crippen LogP contribution in [0.5, 0.6) is 0 Å². The highest BCUT2D eigenvalue weighted by Crippen LogP contribution is 2.24. The van der Waals surface area contributed by atoms with Crippen molar-refractivity contribution >= 4 is 52.7 Å². The summed E-state index contributed by atoms with van der Waals surface area (Å²) in [5.41, 5.74) is 0.109. The van der Waals surface area contributed by atoms with Gasteiger partial charge in [0.15, 0.2) is 6.73 Å². The molecule has 3 rings (SSSR count). The van der Waals surface area contributed by atoms with Gasteiger partial charge in [0.1, 0.15) is 6.04 Å². The third-order valence-corrected chi connectivity index (χ3v) is 5.78. The standard InChI is InChI=1S/C21H18ClN3O7S/c1-33-9-8-17(23-18(26)15-7-6-12(25(30)31)10-16(15)22)21(29)32-11-24-19(27)13-4-2-3-5-14(13)20(24)28/h2-7,10,17H,8-9,11H2,1H3,(H,23,26)/t17-/m1/s1. The second kappa shape index (κ2) is 10.5. The zero-order valence-corrected chi connectivity index (χ0v) is 18.9. The van der Waals surface area contributed by atoms with Gasteiger partial charge in [-0.15, -0.1) is 0 Å². The van der Waals surface area contributed by atoms with E-state index in [0.29, 0.717) is 5.75 Å². The molecule has 0 saturated carbocycles. The molecule has 0 aromatic heterocycles. The number of carbonyl (C=O) groups excluding carboxylic acids is 4. The molecule has 0 saturated heterocycles. The van der Waals surface area contributed by atoms with Gasteiger partial charge in [0.2, 0.25) is 0 Å². The molecule has 0 radical (unpaired) electrons. The Balaban J connectivity index is 1.68. The summed E-state index contributed by atoms with van der Waals surface area (Å²) in [6.07, 6.45) is 2.02. The van der Waals surface area contributed by atoms with Crippen LogP contribution in [0.3, 0.4) is 0 Å². The molecular weight excluding hydrogens is 474 g/mol. The number of hydrogen-bond acceptors (Lipinski definition) is 8. The number of nitro groups is 1. The van der Waals surface area contributed by atoms with Gasteiger partial charge in [-0.2, -0.15) is 11.8 Å². The number of nitro benzene ring substituents is 1. The molecule has 1 heterocycles. The Morgan fingerprint density at radius 1 is 1.18 bits per heavy atom. The van der Waals surface area contributed by atoms with Crippen molar-refractivity contribution in [1.82, 2.24) is 10.2 Å². The van der Waals surface area contributed by atoms with Crippen molar-refractivity contribution in [1.29, 1.82) is 0 Å². The van der Waals surface area contributed by atoms with E-state index in [2.05, 4.69) is 5.32 Å². The normalized spacial score (nSPS) is 13.5. The molecule has 1 aliphatic heterocycles. The van der Waals surface area contributed by atoms with Crippen LogP contribution in [0.25, 0.3) is 0 Å². The summed E-state index contributed by atoms with van der Waals surface area (Å²) in [5.74, 6) is -2.22. The molecule has 0 aliphatic carbocycles. The summed E-state index contributed by atoms with van der Waals surface area (Å²) in [7, 11) is 0. The third kappa shape index (κ3) is 5.32. The van der Waals surface area contributed by atoms with Gasteiger partial charge in [-0.3, -0.25) is 24.5 Å². The number of amides is 3. The lowest BCUT2D eigenvalue weighted by Gasteiger charge is -2.20. The number of fused-ring (bicyclic) bond motifs is 1. The number of hydrogen-bond donors (Lipinski definition) is 1. The highest BCUT2D eigenvalue weighted by atomic mass is 35.5.